The Hall–Kier alpha value is -2.60. The second kappa shape index (κ2) is 9.34. The lowest BCUT2D eigenvalue weighted by Gasteiger charge is -2.24. The molecule has 5 aliphatic rings. The van der Waals surface area contributed by atoms with Crippen molar-refractivity contribution in [2.45, 2.75) is 64.7 Å². The molecule has 0 N–H and O–H groups in total. The van der Waals surface area contributed by atoms with Crippen molar-refractivity contribution in [1.29, 1.82) is 0 Å². The molecule has 33 heavy (non-hydrogen) atoms. The van der Waals surface area contributed by atoms with Crippen LogP contribution in [0.5, 0.6) is 0 Å². The van der Waals surface area contributed by atoms with Gasteiger partial charge in [0.15, 0.2) is 0 Å². The summed E-state index contributed by atoms with van der Waals surface area (Å²) < 4.78 is 0. The van der Waals surface area contributed by atoms with Gasteiger partial charge in [0, 0.05) is 11.8 Å². The van der Waals surface area contributed by atoms with E-state index in [4.69, 9.17) is 0 Å². The molecule has 0 bridgehead atoms. The van der Waals surface area contributed by atoms with Gasteiger partial charge in [0.25, 0.3) is 0 Å². The van der Waals surface area contributed by atoms with E-state index in [0.717, 1.165) is 12.8 Å². The van der Waals surface area contributed by atoms with Crippen LogP contribution >= 0.6 is 0 Å². The molecule has 0 nitrogen and oxygen atoms in total. The molecule has 0 radical (unpaired) electrons. The first-order valence-electron chi connectivity index (χ1n) is 13.0. The number of hydrogen-bond acceptors (Lipinski definition) is 0. The van der Waals surface area contributed by atoms with Gasteiger partial charge >= 0.3 is 0 Å². The van der Waals surface area contributed by atoms with Gasteiger partial charge in [-0.15, -0.1) is 0 Å². The van der Waals surface area contributed by atoms with Gasteiger partial charge in [0.1, 0.15) is 0 Å². The van der Waals surface area contributed by atoms with Crippen molar-refractivity contribution in [3.05, 3.63) is 119 Å². The molecule has 0 saturated heterocycles. The molecular weight excluding hydrogens is 396 g/mol. The van der Waals surface area contributed by atoms with Crippen LogP contribution in [0.15, 0.2) is 119 Å². The van der Waals surface area contributed by atoms with Gasteiger partial charge in [-0.1, -0.05) is 111 Å². The predicted molar refractivity (Wildman–Crippen MR) is 143 cm³/mol. The highest BCUT2D eigenvalue weighted by Crippen LogP contribution is 2.42. The monoisotopic (exact) mass is 434 g/mol. The Morgan fingerprint density at radius 1 is 0.939 bits per heavy atom. The first kappa shape index (κ1) is 22.2. The summed E-state index contributed by atoms with van der Waals surface area (Å²) >= 11 is 0. The highest BCUT2D eigenvalue weighted by molar-refractivity contribution is 5.56. The van der Waals surface area contributed by atoms with E-state index < -0.39 is 0 Å². The number of allylic oxidation sites excluding steroid dienone is 18. The maximum atomic E-state index is 4.42. The largest absolute Gasteiger partial charge is 0.0952 e. The average Bonchev–Trinajstić information content (AvgIpc) is 3.43. The van der Waals surface area contributed by atoms with E-state index in [1.165, 1.54) is 84.0 Å². The van der Waals surface area contributed by atoms with Gasteiger partial charge in [-0.25, -0.2) is 0 Å². The highest BCUT2D eigenvalue weighted by atomic mass is 14.3. The summed E-state index contributed by atoms with van der Waals surface area (Å²) in [5.74, 6) is 0.816. The highest BCUT2D eigenvalue weighted by Gasteiger charge is 2.28. The summed E-state index contributed by atoms with van der Waals surface area (Å²) in [6.45, 7) is 11.2. The van der Waals surface area contributed by atoms with E-state index in [-0.39, 0.29) is 0 Å². The summed E-state index contributed by atoms with van der Waals surface area (Å²) in [5, 5.41) is 0. The van der Waals surface area contributed by atoms with Gasteiger partial charge in [-0.3, -0.25) is 0 Å². The molecule has 0 aromatic rings. The molecule has 5 rings (SSSR count). The summed E-state index contributed by atoms with van der Waals surface area (Å²) in [4.78, 5) is 0. The Balaban J connectivity index is 1.15. The minimum Gasteiger partial charge on any atom is -0.0952 e. The lowest BCUT2D eigenvalue weighted by atomic mass is 9.80. The Morgan fingerprint density at radius 2 is 1.76 bits per heavy atom. The molecule has 0 heterocycles. The normalized spacial score (nSPS) is 26.8. The van der Waals surface area contributed by atoms with Crippen LogP contribution in [0.2, 0.25) is 0 Å². The van der Waals surface area contributed by atoms with Gasteiger partial charge in [-0.05, 0) is 78.2 Å². The van der Waals surface area contributed by atoms with Crippen LogP contribution in [0.4, 0.5) is 0 Å². The van der Waals surface area contributed by atoms with Crippen LogP contribution in [0.3, 0.4) is 0 Å². The van der Waals surface area contributed by atoms with E-state index in [1.807, 2.05) is 0 Å². The van der Waals surface area contributed by atoms with Crippen molar-refractivity contribution in [1.82, 2.24) is 0 Å². The van der Waals surface area contributed by atoms with Crippen LogP contribution in [-0.4, -0.2) is 0 Å². The lowest BCUT2D eigenvalue weighted by Crippen LogP contribution is -2.10. The van der Waals surface area contributed by atoms with Crippen molar-refractivity contribution in [2.75, 3.05) is 0 Å². The molecule has 0 amide bonds. The predicted octanol–water partition coefficient (Wildman–Crippen LogP) is 9.22. The summed E-state index contributed by atoms with van der Waals surface area (Å²) in [6.07, 6.45) is 37.0. The van der Waals surface area contributed by atoms with Crippen LogP contribution in [0, 0.1) is 17.3 Å². The van der Waals surface area contributed by atoms with Crippen molar-refractivity contribution in [3.63, 3.8) is 0 Å². The Bertz CT molecular complexity index is 1080. The molecule has 170 valence electrons. The van der Waals surface area contributed by atoms with Gasteiger partial charge < -0.3 is 0 Å². The quantitative estimate of drug-likeness (QED) is 0.357. The van der Waals surface area contributed by atoms with Gasteiger partial charge in [-0.2, -0.15) is 0 Å². The zero-order valence-electron chi connectivity index (χ0n) is 20.3. The molecule has 2 unspecified atom stereocenters. The summed E-state index contributed by atoms with van der Waals surface area (Å²) in [6, 6.07) is 0. The van der Waals surface area contributed by atoms with Crippen molar-refractivity contribution in [3.8, 4) is 0 Å². The molecular formula is C33H38. The fourth-order valence-electron chi connectivity index (χ4n) is 6.18. The first-order valence-corrected chi connectivity index (χ1v) is 13.0. The zero-order chi connectivity index (χ0) is 22.8. The van der Waals surface area contributed by atoms with E-state index in [2.05, 4.69) is 86.9 Å². The Morgan fingerprint density at radius 3 is 2.61 bits per heavy atom. The fourth-order valence-corrected chi connectivity index (χ4v) is 6.18. The van der Waals surface area contributed by atoms with Crippen LogP contribution in [0.25, 0.3) is 0 Å². The van der Waals surface area contributed by atoms with Gasteiger partial charge in [0.05, 0.1) is 0 Å². The standard InChI is InChI=1S/C33H38/c1-24(30-19-25(2)32-11-5-4-10-29(32)23-30)12-13-27-21-28-15-14-26(20-31(28)22-27)9-8-18-33(3)16-6-7-17-33/h4-5,10-11,14-15,19-23,31-32H,1-2,6-9,12-13,16-18H2,3H3. The molecule has 1 saturated carbocycles. The molecule has 0 aromatic carbocycles. The smallest absolute Gasteiger partial charge is 0.0267 e. The molecule has 0 aromatic heterocycles. The molecule has 1 fully saturated rings. The zero-order valence-corrected chi connectivity index (χ0v) is 20.3. The minimum atomic E-state index is 0.339. The Labute approximate surface area is 200 Å². The van der Waals surface area contributed by atoms with E-state index >= 15 is 0 Å². The van der Waals surface area contributed by atoms with Crippen molar-refractivity contribution in [2.24, 2.45) is 17.3 Å². The van der Waals surface area contributed by atoms with Crippen molar-refractivity contribution >= 4 is 0 Å². The third-order valence-corrected chi connectivity index (χ3v) is 8.32. The van der Waals surface area contributed by atoms with Crippen LogP contribution in [0.1, 0.15) is 64.7 Å². The second-order valence-corrected chi connectivity index (χ2v) is 11.0. The minimum absolute atomic E-state index is 0.339. The first-order chi connectivity index (χ1) is 16.0. The van der Waals surface area contributed by atoms with Crippen LogP contribution < -0.4 is 0 Å². The molecule has 5 aliphatic carbocycles. The van der Waals surface area contributed by atoms with E-state index in [9.17, 15) is 0 Å². The van der Waals surface area contributed by atoms with Crippen molar-refractivity contribution < 1.29 is 0 Å². The van der Waals surface area contributed by atoms with E-state index in [1.54, 1.807) is 0 Å². The number of rotatable bonds is 8. The maximum absolute atomic E-state index is 4.42. The lowest BCUT2D eigenvalue weighted by molar-refractivity contribution is 0.300. The SMILES string of the molecule is C=C(CCC1=CC2C=C(CCCC3(C)CCCC3)C=CC2=C1)C1=CC(=C)C2C=CC=CC2=C1. The average molecular weight is 435 g/mol. The third-order valence-electron chi connectivity index (χ3n) is 8.32. The summed E-state index contributed by atoms with van der Waals surface area (Å²) in [7, 11) is 0. The molecule has 0 heteroatoms. The topological polar surface area (TPSA) is 0 Å². The molecule has 0 aliphatic heterocycles. The Kier molecular flexibility index (Phi) is 6.28. The summed E-state index contributed by atoms with van der Waals surface area (Å²) in [5.41, 5.74) is 10.0. The molecule has 2 atom stereocenters. The fraction of sp³-hybridized carbons (Fsp3) is 0.394. The van der Waals surface area contributed by atoms with Gasteiger partial charge in [0.2, 0.25) is 0 Å². The third kappa shape index (κ3) is 5.01. The van der Waals surface area contributed by atoms with E-state index in [0.29, 0.717) is 17.3 Å². The number of hydrogen-bond donors (Lipinski definition) is 0. The number of fused-ring (bicyclic) bond motifs is 2. The maximum Gasteiger partial charge on any atom is 0.0267 e. The molecule has 0 spiro atoms. The second-order valence-electron chi connectivity index (χ2n) is 11.0. The van der Waals surface area contributed by atoms with Crippen LogP contribution in [-0.2, 0) is 0 Å².